The number of ketones is 2. The maximum absolute atomic E-state index is 17.2. The molecule has 0 unspecified atom stereocenters. The van der Waals surface area contributed by atoms with Crippen molar-refractivity contribution in [1.82, 2.24) is 0 Å². The number of hydrogen-bond donors (Lipinski definition) is 5. The van der Waals surface area contributed by atoms with Gasteiger partial charge in [-0.05, 0) is 56.6 Å². The van der Waals surface area contributed by atoms with Crippen LogP contribution in [0.5, 0.6) is 0 Å². The number of Topliss-reactive ketones (excluding diaryl/α,β-unsaturated/α-hetero) is 1. The average molecular weight is 552 g/mol. The summed E-state index contributed by atoms with van der Waals surface area (Å²) < 4.78 is 50.1. The number of phosphoric acid groups is 2. The van der Waals surface area contributed by atoms with Crippen LogP contribution in [0, 0.1) is 28.6 Å². The number of aliphatic hydroxyl groups excluding tert-OH is 1. The molecule has 4 rings (SSSR count). The molecule has 0 aromatic rings. The molecule has 3 fully saturated rings. The number of aliphatic hydroxyl groups is 1. The molecule has 4 aliphatic rings. The summed E-state index contributed by atoms with van der Waals surface area (Å²) in [5, 5.41) is 11.4. The van der Waals surface area contributed by atoms with Gasteiger partial charge in [0.2, 0.25) is 0 Å². The molecule has 14 heteroatoms. The van der Waals surface area contributed by atoms with Crippen LogP contribution < -0.4 is 0 Å². The molecule has 0 bridgehead atoms. The first-order valence-electron chi connectivity index (χ1n) is 11.6. The summed E-state index contributed by atoms with van der Waals surface area (Å²) >= 11 is 0. The van der Waals surface area contributed by atoms with Crippen LogP contribution in [0.15, 0.2) is 23.8 Å². The third kappa shape index (κ3) is 3.89. The third-order valence-electron chi connectivity index (χ3n) is 9.22. The number of fused-ring (bicyclic) bond motifs is 5. The average Bonchev–Trinajstić information content (AvgIpc) is 2.94. The van der Waals surface area contributed by atoms with Gasteiger partial charge in [-0.15, -0.1) is 0 Å². The summed E-state index contributed by atoms with van der Waals surface area (Å²) in [6, 6.07) is 0. The second-order valence-electron chi connectivity index (χ2n) is 10.9. The van der Waals surface area contributed by atoms with E-state index in [4.69, 9.17) is 14.3 Å². The molecule has 0 saturated heterocycles. The molecule has 0 aromatic heterocycles. The van der Waals surface area contributed by atoms with Crippen molar-refractivity contribution in [1.29, 1.82) is 0 Å². The maximum atomic E-state index is 17.2. The molecule has 0 amide bonds. The summed E-state index contributed by atoms with van der Waals surface area (Å²) in [7, 11) is -10.5. The molecule has 5 N–H and O–H groups in total. The van der Waals surface area contributed by atoms with Gasteiger partial charge in [0.25, 0.3) is 0 Å². The van der Waals surface area contributed by atoms with Gasteiger partial charge in [-0.1, -0.05) is 25.5 Å². The van der Waals surface area contributed by atoms with E-state index in [0.717, 1.165) is 0 Å². The standard InChI is InChI=1S/C22H31FO11P2/c1-12-8-16-15-5-4-13-9-14(24)6-7-19(13,2)21(15,23)17(25)10-20(16,3)22(12,34-36(30,31)32)18(26)11-33-35(27,28)29/h6-7,9,12,15-17,25H,4-5,8,10-11H2,1-3H3,(H2,27,28,29)(H2,30,31,32)/t12-,15-,16-,17-,19-,20-,21-,22-/m0/s1. The highest BCUT2D eigenvalue weighted by atomic mass is 31.2. The van der Waals surface area contributed by atoms with Crippen molar-refractivity contribution in [3.63, 3.8) is 0 Å². The first kappa shape index (κ1) is 28.0. The maximum Gasteiger partial charge on any atom is 0.470 e. The fraction of sp³-hybridized carbons (Fsp3) is 0.727. The second kappa shape index (κ2) is 8.46. The highest BCUT2D eigenvalue weighted by Gasteiger charge is 2.77. The molecule has 36 heavy (non-hydrogen) atoms. The van der Waals surface area contributed by atoms with Gasteiger partial charge >= 0.3 is 15.6 Å². The molecule has 4 aliphatic carbocycles. The van der Waals surface area contributed by atoms with Gasteiger partial charge in [0.05, 0.1) is 6.10 Å². The van der Waals surface area contributed by atoms with Crippen molar-refractivity contribution in [3.05, 3.63) is 23.8 Å². The lowest BCUT2D eigenvalue weighted by atomic mass is 9.44. The Bertz CT molecular complexity index is 1140. The molecule has 0 heterocycles. The van der Waals surface area contributed by atoms with E-state index in [9.17, 15) is 33.6 Å². The van der Waals surface area contributed by atoms with Crippen molar-refractivity contribution >= 4 is 27.2 Å². The zero-order chi connectivity index (χ0) is 27.1. The van der Waals surface area contributed by atoms with Crippen molar-refractivity contribution < 1.29 is 56.8 Å². The van der Waals surface area contributed by atoms with E-state index in [0.29, 0.717) is 12.0 Å². The van der Waals surface area contributed by atoms with E-state index in [2.05, 4.69) is 4.52 Å². The zero-order valence-electron chi connectivity index (χ0n) is 20.0. The van der Waals surface area contributed by atoms with Crippen LogP contribution in [0.4, 0.5) is 4.39 Å². The summed E-state index contributed by atoms with van der Waals surface area (Å²) in [6.07, 6.45) is 2.60. The number of hydrogen-bond acceptors (Lipinski definition) is 7. The first-order valence-corrected chi connectivity index (χ1v) is 14.7. The molecular weight excluding hydrogens is 521 g/mol. The van der Waals surface area contributed by atoms with Gasteiger partial charge in [0.1, 0.15) is 12.2 Å². The Morgan fingerprint density at radius 1 is 1.17 bits per heavy atom. The Hall–Kier alpha value is -1.07. The number of allylic oxidation sites excluding steroid dienone is 4. The van der Waals surface area contributed by atoms with Crippen molar-refractivity contribution in [3.8, 4) is 0 Å². The van der Waals surface area contributed by atoms with Gasteiger partial charge in [0.15, 0.2) is 17.2 Å². The molecule has 0 spiro atoms. The van der Waals surface area contributed by atoms with E-state index in [1.165, 1.54) is 32.1 Å². The van der Waals surface area contributed by atoms with Crippen molar-refractivity contribution in [2.45, 2.75) is 63.8 Å². The van der Waals surface area contributed by atoms with Crippen molar-refractivity contribution in [2.24, 2.45) is 28.6 Å². The van der Waals surface area contributed by atoms with E-state index in [1.807, 2.05) is 0 Å². The molecule has 3 saturated carbocycles. The number of alkyl halides is 1. The molecule has 11 nitrogen and oxygen atoms in total. The molecule has 8 atom stereocenters. The normalized spacial score (nSPS) is 44.5. The fourth-order valence-electron chi connectivity index (χ4n) is 7.81. The van der Waals surface area contributed by atoms with Crippen LogP contribution in [0.2, 0.25) is 0 Å². The summed E-state index contributed by atoms with van der Waals surface area (Å²) in [5.74, 6) is -3.88. The van der Waals surface area contributed by atoms with Gasteiger partial charge in [-0.3, -0.25) is 18.6 Å². The Balaban J connectivity index is 1.83. The lowest BCUT2D eigenvalue weighted by Crippen LogP contribution is -2.69. The number of halogens is 1. The number of carbonyl (C=O) groups is 2. The van der Waals surface area contributed by atoms with Gasteiger partial charge in [-0.2, -0.15) is 0 Å². The second-order valence-corrected chi connectivity index (χ2v) is 13.3. The number of phosphoric ester groups is 2. The Morgan fingerprint density at radius 3 is 2.39 bits per heavy atom. The van der Waals surface area contributed by atoms with Gasteiger partial charge in [0, 0.05) is 16.7 Å². The lowest BCUT2D eigenvalue weighted by Gasteiger charge is -2.63. The van der Waals surface area contributed by atoms with Crippen LogP contribution in [0.3, 0.4) is 0 Å². The summed E-state index contributed by atoms with van der Waals surface area (Å²) in [5.41, 5.74) is -6.84. The van der Waals surface area contributed by atoms with E-state index >= 15 is 4.39 Å². The Kier molecular flexibility index (Phi) is 6.57. The molecule has 0 radical (unpaired) electrons. The van der Waals surface area contributed by atoms with Gasteiger partial charge < -0.3 is 24.7 Å². The fourth-order valence-corrected chi connectivity index (χ4v) is 8.96. The van der Waals surface area contributed by atoms with Crippen LogP contribution in [0.25, 0.3) is 0 Å². The van der Waals surface area contributed by atoms with Crippen LogP contribution in [-0.4, -0.2) is 60.2 Å². The highest BCUT2D eigenvalue weighted by molar-refractivity contribution is 7.46. The topological polar surface area (TPSA) is 188 Å². The summed E-state index contributed by atoms with van der Waals surface area (Å²) in [4.78, 5) is 63.2. The van der Waals surface area contributed by atoms with Crippen molar-refractivity contribution in [2.75, 3.05) is 6.61 Å². The SMILES string of the molecule is C[C@H]1C[C@H]2[C@@H]3CCC4=CC(=O)C=C[C@]4(C)[C@@]3(F)[C@@H](O)C[C@]2(C)[C@@]1(OP(=O)(O)O)C(=O)COP(=O)(O)O. The van der Waals surface area contributed by atoms with E-state index < -0.39 is 80.4 Å². The monoisotopic (exact) mass is 552 g/mol. The number of carbonyl (C=O) groups excluding carboxylic acids is 2. The quantitative estimate of drug-likeness (QED) is 0.304. The largest absolute Gasteiger partial charge is 0.470 e. The Labute approximate surface area is 207 Å². The Morgan fingerprint density at radius 2 is 1.81 bits per heavy atom. The molecule has 0 aromatic carbocycles. The van der Waals surface area contributed by atoms with Crippen LogP contribution in [-0.2, 0) is 27.8 Å². The van der Waals surface area contributed by atoms with E-state index in [1.54, 1.807) is 6.92 Å². The lowest BCUT2D eigenvalue weighted by molar-refractivity contribution is -0.217. The minimum atomic E-state index is -5.36. The number of rotatable bonds is 6. The van der Waals surface area contributed by atoms with Crippen LogP contribution >= 0.6 is 15.6 Å². The first-order chi connectivity index (χ1) is 16.3. The smallest absolute Gasteiger partial charge is 0.390 e. The molecule has 0 aliphatic heterocycles. The zero-order valence-corrected chi connectivity index (χ0v) is 21.8. The predicted molar refractivity (Wildman–Crippen MR) is 122 cm³/mol. The molecular formula is C22H31FO11P2. The minimum Gasteiger partial charge on any atom is -0.390 e. The third-order valence-corrected chi connectivity index (χ3v) is 10.2. The highest BCUT2D eigenvalue weighted by Crippen LogP contribution is 2.73. The van der Waals surface area contributed by atoms with Gasteiger partial charge in [-0.25, -0.2) is 13.5 Å². The molecule has 202 valence electrons. The summed E-state index contributed by atoms with van der Waals surface area (Å²) in [6.45, 7) is 3.39. The van der Waals surface area contributed by atoms with E-state index in [-0.39, 0.29) is 18.6 Å². The van der Waals surface area contributed by atoms with Crippen LogP contribution in [0.1, 0.15) is 46.5 Å². The predicted octanol–water partition coefficient (Wildman–Crippen LogP) is 2.13. The minimum absolute atomic E-state index is 0.0962.